The van der Waals surface area contributed by atoms with E-state index < -0.39 is 11.9 Å². The molecule has 0 heterocycles. The van der Waals surface area contributed by atoms with Crippen molar-refractivity contribution in [3.8, 4) is 11.5 Å². The average molecular weight is 440 g/mol. The van der Waals surface area contributed by atoms with Crippen LogP contribution in [0.4, 0.5) is 11.4 Å². The standard InChI is InChI=1S/C24H29N3O5/c1-14(2)21(27-23(29)16-10-19(31-3)13-20(11-16)32-4)24(30)26-18-7-5-6-17(12-18)25-22(28)15-8-9-15/h5-7,10-15,21H,8-9H2,1-4H3,(H,25,28)(H,26,30)(H,27,29). The van der Waals surface area contributed by atoms with E-state index in [0.717, 1.165) is 12.8 Å². The van der Waals surface area contributed by atoms with Crippen LogP contribution < -0.4 is 25.4 Å². The number of hydrogen-bond acceptors (Lipinski definition) is 5. The Kier molecular flexibility index (Phi) is 7.35. The molecule has 0 aliphatic heterocycles. The first-order chi connectivity index (χ1) is 15.3. The molecule has 170 valence electrons. The molecule has 1 aliphatic rings. The van der Waals surface area contributed by atoms with Gasteiger partial charge in [-0.1, -0.05) is 19.9 Å². The zero-order chi connectivity index (χ0) is 23.3. The van der Waals surface area contributed by atoms with Gasteiger partial charge in [0.25, 0.3) is 5.91 Å². The Bertz CT molecular complexity index is 979. The third kappa shape index (κ3) is 6.00. The second-order valence-corrected chi connectivity index (χ2v) is 8.13. The van der Waals surface area contributed by atoms with Crippen molar-refractivity contribution >= 4 is 29.1 Å². The molecular weight excluding hydrogens is 410 g/mol. The van der Waals surface area contributed by atoms with Crippen LogP contribution in [0.2, 0.25) is 0 Å². The van der Waals surface area contributed by atoms with Crippen LogP contribution in [0, 0.1) is 11.8 Å². The number of methoxy groups -OCH3 is 2. The van der Waals surface area contributed by atoms with E-state index >= 15 is 0 Å². The van der Waals surface area contributed by atoms with Crippen molar-refractivity contribution < 1.29 is 23.9 Å². The fourth-order valence-corrected chi connectivity index (χ4v) is 3.18. The summed E-state index contributed by atoms with van der Waals surface area (Å²) in [5.41, 5.74) is 1.48. The van der Waals surface area contributed by atoms with Gasteiger partial charge < -0.3 is 25.4 Å². The summed E-state index contributed by atoms with van der Waals surface area (Å²) in [6.45, 7) is 3.70. The van der Waals surface area contributed by atoms with Crippen molar-refractivity contribution in [2.24, 2.45) is 11.8 Å². The molecule has 3 rings (SSSR count). The van der Waals surface area contributed by atoms with Crippen molar-refractivity contribution in [2.45, 2.75) is 32.7 Å². The van der Waals surface area contributed by atoms with Gasteiger partial charge >= 0.3 is 0 Å². The lowest BCUT2D eigenvalue weighted by molar-refractivity contribution is -0.119. The van der Waals surface area contributed by atoms with Crippen molar-refractivity contribution in [3.05, 3.63) is 48.0 Å². The molecule has 2 aromatic carbocycles. The molecule has 2 aromatic rings. The summed E-state index contributed by atoms with van der Waals surface area (Å²) in [6.07, 6.45) is 1.83. The maximum absolute atomic E-state index is 13.0. The van der Waals surface area contributed by atoms with Gasteiger partial charge in [-0.3, -0.25) is 14.4 Å². The topological polar surface area (TPSA) is 106 Å². The molecule has 0 saturated heterocycles. The van der Waals surface area contributed by atoms with Gasteiger partial charge in [-0.2, -0.15) is 0 Å². The van der Waals surface area contributed by atoms with Crippen LogP contribution >= 0.6 is 0 Å². The summed E-state index contributed by atoms with van der Waals surface area (Å²) in [7, 11) is 3.00. The Morgan fingerprint density at radius 2 is 1.50 bits per heavy atom. The fraction of sp³-hybridized carbons (Fsp3) is 0.375. The Balaban J connectivity index is 1.69. The highest BCUT2D eigenvalue weighted by molar-refractivity contribution is 6.02. The number of rotatable bonds is 9. The lowest BCUT2D eigenvalue weighted by atomic mass is 10.0. The molecule has 8 heteroatoms. The van der Waals surface area contributed by atoms with Crippen LogP contribution in [-0.2, 0) is 9.59 Å². The summed E-state index contributed by atoms with van der Waals surface area (Å²) in [5, 5.41) is 8.48. The minimum absolute atomic E-state index is 0.00508. The highest BCUT2D eigenvalue weighted by Gasteiger charge is 2.29. The predicted octanol–water partition coefficient (Wildman–Crippen LogP) is 3.45. The maximum Gasteiger partial charge on any atom is 0.252 e. The Morgan fingerprint density at radius 3 is 2.03 bits per heavy atom. The van der Waals surface area contributed by atoms with Crippen LogP contribution in [0.25, 0.3) is 0 Å². The summed E-state index contributed by atoms with van der Waals surface area (Å²) in [6, 6.07) is 11.0. The Hall–Kier alpha value is -3.55. The van der Waals surface area contributed by atoms with Crippen molar-refractivity contribution in [3.63, 3.8) is 0 Å². The molecule has 1 saturated carbocycles. The van der Waals surface area contributed by atoms with Gasteiger partial charge in [-0.05, 0) is 49.1 Å². The highest BCUT2D eigenvalue weighted by atomic mass is 16.5. The molecule has 0 bridgehead atoms. The minimum atomic E-state index is -0.774. The summed E-state index contributed by atoms with van der Waals surface area (Å²) in [4.78, 5) is 37.8. The molecule has 32 heavy (non-hydrogen) atoms. The highest BCUT2D eigenvalue weighted by Crippen LogP contribution is 2.30. The van der Waals surface area contributed by atoms with Gasteiger partial charge in [-0.15, -0.1) is 0 Å². The first-order valence-electron chi connectivity index (χ1n) is 10.6. The van der Waals surface area contributed by atoms with Gasteiger partial charge in [0.2, 0.25) is 11.8 Å². The van der Waals surface area contributed by atoms with Crippen LogP contribution in [0.1, 0.15) is 37.0 Å². The quantitative estimate of drug-likeness (QED) is 0.555. The minimum Gasteiger partial charge on any atom is -0.497 e. The van der Waals surface area contributed by atoms with E-state index in [0.29, 0.717) is 28.4 Å². The second-order valence-electron chi connectivity index (χ2n) is 8.13. The van der Waals surface area contributed by atoms with E-state index in [2.05, 4.69) is 16.0 Å². The lowest BCUT2D eigenvalue weighted by Gasteiger charge is -2.22. The van der Waals surface area contributed by atoms with Gasteiger partial charge in [-0.25, -0.2) is 0 Å². The van der Waals surface area contributed by atoms with Gasteiger partial charge in [0.05, 0.1) is 14.2 Å². The normalized spacial score (nSPS) is 13.8. The van der Waals surface area contributed by atoms with Crippen LogP contribution in [0.3, 0.4) is 0 Å². The third-order valence-electron chi connectivity index (χ3n) is 5.20. The molecule has 1 unspecified atom stereocenters. The number of carbonyl (C=O) groups excluding carboxylic acids is 3. The lowest BCUT2D eigenvalue weighted by Crippen LogP contribution is -2.47. The van der Waals surface area contributed by atoms with E-state index in [1.54, 1.807) is 42.5 Å². The van der Waals surface area contributed by atoms with Crippen LogP contribution in [0.5, 0.6) is 11.5 Å². The van der Waals surface area contributed by atoms with E-state index in [9.17, 15) is 14.4 Å². The number of carbonyl (C=O) groups is 3. The van der Waals surface area contributed by atoms with Crippen LogP contribution in [-0.4, -0.2) is 38.0 Å². The average Bonchev–Trinajstić information content (AvgIpc) is 3.62. The maximum atomic E-state index is 13.0. The van der Waals surface area contributed by atoms with E-state index in [-0.39, 0.29) is 23.7 Å². The molecule has 1 fully saturated rings. The van der Waals surface area contributed by atoms with Gasteiger partial charge in [0.1, 0.15) is 17.5 Å². The molecule has 1 atom stereocenters. The molecular formula is C24H29N3O5. The zero-order valence-corrected chi connectivity index (χ0v) is 18.7. The Labute approximate surface area is 187 Å². The molecule has 0 radical (unpaired) electrons. The molecule has 3 amide bonds. The number of benzene rings is 2. The first kappa shape index (κ1) is 23.1. The van der Waals surface area contributed by atoms with Gasteiger partial charge in [0, 0.05) is 28.9 Å². The van der Waals surface area contributed by atoms with E-state index in [4.69, 9.17) is 9.47 Å². The number of hydrogen-bond donors (Lipinski definition) is 3. The van der Waals surface area contributed by atoms with E-state index in [1.165, 1.54) is 14.2 Å². The van der Waals surface area contributed by atoms with E-state index in [1.807, 2.05) is 13.8 Å². The molecule has 0 spiro atoms. The van der Waals surface area contributed by atoms with Crippen LogP contribution in [0.15, 0.2) is 42.5 Å². The molecule has 1 aliphatic carbocycles. The summed E-state index contributed by atoms with van der Waals surface area (Å²) >= 11 is 0. The molecule has 0 aromatic heterocycles. The monoisotopic (exact) mass is 439 g/mol. The summed E-state index contributed by atoms with van der Waals surface area (Å²) in [5.74, 6) is 0.105. The second kappa shape index (κ2) is 10.2. The Morgan fingerprint density at radius 1 is 0.906 bits per heavy atom. The SMILES string of the molecule is COc1cc(OC)cc(C(=O)NC(C(=O)Nc2cccc(NC(=O)C3CC3)c2)C(C)C)c1. The molecule has 8 nitrogen and oxygen atoms in total. The van der Waals surface area contributed by atoms with Crippen molar-refractivity contribution in [1.82, 2.24) is 5.32 Å². The number of ether oxygens (including phenoxy) is 2. The van der Waals surface area contributed by atoms with Gasteiger partial charge in [0.15, 0.2) is 0 Å². The number of nitrogens with one attached hydrogen (secondary N) is 3. The number of anilines is 2. The van der Waals surface area contributed by atoms with Crippen molar-refractivity contribution in [2.75, 3.05) is 24.9 Å². The summed E-state index contributed by atoms with van der Waals surface area (Å²) < 4.78 is 10.4. The van der Waals surface area contributed by atoms with Crippen molar-refractivity contribution in [1.29, 1.82) is 0 Å². The molecule has 3 N–H and O–H groups in total. The first-order valence-corrected chi connectivity index (χ1v) is 10.6. The zero-order valence-electron chi connectivity index (χ0n) is 18.7. The fourth-order valence-electron chi connectivity index (χ4n) is 3.18. The third-order valence-corrected chi connectivity index (χ3v) is 5.20. The largest absolute Gasteiger partial charge is 0.497 e. The predicted molar refractivity (Wildman–Crippen MR) is 122 cm³/mol. The number of amides is 3. The smallest absolute Gasteiger partial charge is 0.252 e.